The third-order valence-electron chi connectivity index (χ3n) is 3.32. The zero-order chi connectivity index (χ0) is 15.6. The van der Waals surface area contributed by atoms with Crippen LogP contribution in [0.15, 0.2) is 5.16 Å². The third kappa shape index (κ3) is 3.40. The number of nitrogens with zero attached hydrogens (tertiary/aromatic N) is 4. The Bertz CT molecular complexity index is 645. The first-order valence-electron chi connectivity index (χ1n) is 7.22. The van der Waals surface area contributed by atoms with Crippen LogP contribution in [-0.2, 0) is 17.9 Å². The number of thioether (sulfide) groups is 1. The average molecular weight is 310 g/mol. The maximum atomic E-state index is 10.8. The Balaban J connectivity index is 2.45. The van der Waals surface area contributed by atoms with E-state index in [-0.39, 0.29) is 5.75 Å². The van der Waals surface area contributed by atoms with Crippen molar-refractivity contribution < 1.29 is 9.90 Å². The molecule has 2 heterocycles. The number of rotatable bonds is 7. The minimum Gasteiger partial charge on any atom is -0.481 e. The normalized spacial score (nSPS) is 11.7. The quantitative estimate of drug-likeness (QED) is 0.796. The summed E-state index contributed by atoms with van der Waals surface area (Å²) < 4.78 is 4.06. The summed E-state index contributed by atoms with van der Waals surface area (Å²) in [6, 6.07) is 0. The lowest BCUT2D eigenvalue weighted by Gasteiger charge is -2.11. The maximum Gasteiger partial charge on any atom is 0.313 e. The Morgan fingerprint density at radius 2 is 2.14 bits per heavy atom. The van der Waals surface area contributed by atoms with Gasteiger partial charge < -0.3 is 9.67 Å². The van der Waals surface area contributed by atoms with Crippen molar-refractivity contribution in [1.29, 1.82) is 0 Å². The van der Waals surface area contributed by atoms with Crippen LogP contribution in [0.3, 0.4) is 0 Å². The topological polar surface area (TPSA) is 72.9 Å². The molecule has 0 aliphatic rings. The number of aromatic nitrogens is 4. The molecule has 1 N–H and O–H groups in total. The number of carbonyl (C=O) groups is 1. The van der Waals surface area contributed by atoms with Crippen molar-refractivity contribution in [3.05, 3.63) is 5.69 Å². The van der Waals surface area contributed by atoms with Crippen molar-refractivity contribution in [2.75, 3.05) is 5.75 Å². The molecule has 7 heteroatoms. The van der Waals surface area contributed by atoms with Gasteiger partial charge in [-0.1, -0.05) is 25.6 Å². The largest absolute Gasteiger partial charge is 0.481 e. The van der Waals surface area contributed by atoms with Crippen LogP contribution in [0.4, 0.5) is 0 Å². The van der Waals surface area contributed by atoms with Gasteiger partial charge in [0.15, 0.2) is 10.8 Å². The molecule has 0 aromatic carbocycles. The summed E-state index contributed by atoms with van der Waals surface area (Å²) >= 11 is 1.28. The van der Waals surface area contributed by atoms with Gasteiger partial charge in [-0.25, -0.2) is 9.67 Å². The van der Waals surface area contributed by atoms with Crippen molar-refractivity contribution in [1.82, 2.24) is 19.3 Å². The molecule has 0 amide bonds. The molecule has 0 aliphatic carbocycles. The van der Waals surface area contributed by atoms with Gasteiger partial charge in [0, 0.05) is 13.1 Å². The molecule has 0 saturated heterocycles. The van der Waals surface area contributed by atoms with Crippen LogP contribution < -0.4 is 0 Å². The highest BCUT2D eigenvalue weighted by atomic mass is 32.2. The second kappa shape index (κ2) is 6.51. The van der Waals surface area contributed by atoms with Gasteiger partial charge in [0.2, 0.25) is 0 Å². The van der Waals surface area contributed by atoms with Crippen LogP contribution >= 0.6 is 11.8 Å². The number of hydrogen-bond donors (Lipinski definition) is 1. The van der Waals surface area contributed by atoms with Crippen molar-refractivity contribution >= 4 is 28.9 Å². The van der Waals surface area contributed by atoms with Crippen molar-refractivity contribution in [3.63, 3.8) is 0 Å². The summed E-state index contributed by atoms with van der Waals surface area (Å²) in [4.78, 5) is 15.4. The van der Waals surface area contributed by atoms with E-state index in [4.69, 9.17) is 5.11 Å². The summed E-state index contributed by atoms with van der Waals surface area (Å²) in [5.74, 6) is -0.213. The number of aliphatic carboxylic acids is 1. The van der Waals surface area contributed by atoms with Gasteiger partial charge in [0.1, 0.15) is 5.52 Å². The standard InChI is InChI=1S/C14H22N4O2S/c1-5-18-13-12(10(4)16-18)15-14(21-8-11(19)20)17(13)7-6-9(2)3/h9H,5-8H2,1-4H3,(H,19,20). The van der Waals surface area contributed by atoms with E-state index in [0.29, 0.717) is 5.92 Å². The molecule has 6 nitrogen and oxygen atoms in total. The van der Waals surface area contributed by atoms with E-state index in [1.807, 2.05) is 11.6 Å². The van der Waals surface area contributed by atoms with Crippen LogP contribution in [-0.4, -0.2) is 36.2 Å². The molecule has 2 rings (SSSR count). The van der Waals surface area contributed by atoms with Gasteiger partial charge in [0.25, 0.3) is 0 Å². The molecule has 0 bridgehead atoms. The second-order valence-corrected chi connectivity index (χ2v) is 6.43. The SMILES string of the molecule is CCn1nc(C)c2nc(SCC(=O)O)n(CCC(C)C)c21. The Morgan fingerprint density at radius 3 is 2.71 bits per heavy atom. The molecular formula is C14H22N4O2S. The molecule has 116 valence electrons. The summed E-state index contributed by atoms with van der Waals surface area (Å²) in [7, 11) is 0. The first-order chi connectivity index (χ1) is 9.93. The molecule has 0 unspecified atom stereocenters. The van der Waals surface area contributed by atoms with Crippen LogP contribution in [0.1, 0.15) is 32.9 Å². The molecule has 0 saturated carbocycles. The Kier molecular flexibility index (Phi) is 4.92. The predicted molar refractivity (Wildman–Crippen MR) is 83.7 cm³/mol. The molecule has 2 aromatic heterocycles. The number of aryl methyl sites for hydroxylation is 3. The van der Waals surface area contributed by atoms with E-state index in [9.17, 15) is 4.79 Å². The fourth-order valence-electron chi connectivity index (χ4n) is 2.25. The minimum atomic E-state index is -0.823. The predicted octanol–water partition coefficient (Wildman–Crippen LogP) is 2.78. The van der Waals surface area contributed by atoms with Gasteiger partial charge in [0.05, 0.1) is 11.4 Å². The highest BCUT2D eigenvalue weighted by Crippen LogP contribution is 2.27. The van der Waals surface area contributed by atoms with Crippen molar-refractivity contribution in [2.45, 2.75) is 52.4 Å². The van der Waals surface area contributed by atoms with E-state index in [0.717, 1.165) is 41.5 Å². The fourth-order valence-corrected chi connectivity index (χ4v) is 2.99. The van der Waals surface area contributed by atoms with E-state index in [1.54, 1.807) is 0 Å². The van der Waals surface area contributed by atoms with Crippen LogP contribution in [0.5, 0.6) is 0 Å². The van der Waals surface area contributed by atoms with Crippen LogP contribution in [0.2, 0.25) is 0 Å². The monoisotopic (exact) mass is 310 g/mol. The highest BCUT2D eigenvalue weighted by Gasteiger charge is 2.19. The van der Waals surface area contributed by atoms with E-state index < -0.39 is 5.97 Å². The first kappa shape index (κ1) is 15.9. The second-order valence-electron chi connectivity index (χ2n) is 5.48. The van der Waals surface area contributed by atoms with E-state index >= 15 is 0 Å². The zero-order valence-electron chi connectivity index (χ0n) is 13.0. The molecule has 0 atom stereocenters. The fraction of sp³-hybridized carbons (Fsp3) is 0.643. The van der Waals surface area contributed by atoms with Crippen molar-refractivity contribution in [3.8, 4) is 0 Å². The molecule has 0 fully saturated rings. The van der Waals surface area contributed by atoms with Crippen LogP contribution in [0, 0.1) is 12.8 Å². The Morgan fingerprint density at radius 1 is 1.43 bits per heavy atom. The Hall–Kier alpha value is -1.50. The number of carboxylic acid groups (broad SMARTS) is 1. The minimum absolute atomic E-state index is 0.0277. The van der Waals surface area contributed by atoms with Gasteiger partial charge in [-0.05, 0) is 26.2 Å². The zero-order valence-corrected chi connectivity index (χ0v) is 13.8. The van der Waals surface area contributed by atoms with Gasteiger partial charge in [-0.2, -0.15) is 5.10 Å². The summed E-state index contributed by atoms with van der Waals surface area (Å²) in [5.41, 5.74) is 2.78. The molecule has 21 heavy (non-hydrogen) atoms. The molecule has 0 radical (unpaired) electrons. The molecule has 2 aromatic rings. The van der Waals surface area contributed by atoms with Gasteiger partial charge in [-0.15, -0.1) is 0 Å². The third-order valence-corrected chi connectivity index (χ3v) is 4.28. The van der Waals surface area contributed by atoms with E-state index in [2.05, 4.69) is 35.4 Å². The lowest BCUT2D eigenvalue weighted by molar-refractivity contribution is -0.133. The maximum absolute atomic E-state index is 10.8. The van der Waals surface area contributed by atoms with Crippen molar-refractivity contribution in [2.24, 2.45) is 5.92 Å². The smallest absolute Gasteiger partial charge is 0.313 e. The lowest BCUT2D eigenvalue weighted by atomic mass is 10.1. The lowest BCUT2D eigenvalue weighted by Crippen LogP contribution is -2.09. The summed E-state index contributed by atoms with van der Waals surface area (Å²) in [5, 5.41) is 14.2. The Labute approximate surface area is 128 Å². The highest BCUT2D eigenvalue weighted by molar-refractivity contribution is 7.99. The number of hydrogen-bond acceptors (Lipinski definition) is 4. The summed E-state index contributed by atoms with van der Waals surface area (Å²) in [6.07, 6.45) is 1.03. The molecule has 0 spiro atoms. The molecule has 0 aliphatic heterocycles. The summed E-state index contributed by atoms with van der Waals surface area (Å²) in [6.45, 7) is 9.97. The van der Waals surface area contributed by atoms with Gasteiger partial charge >= 0.3 is 5.97 Å². The number of carboxylic acids is 1. The molecular weight excluding hydrogens is 288 g/mol. The average Bonchev–Trinajstić information content (AvgIpc) is 2.92. The number of imidazole rings is 1. The van der Waals surface area contributed by atoms with Crippen LogP contribution in [0.25, 0.3) is 11.2 Å². The number of fused-ring (bicyclic) bond motifs is 1. The van der Waals surface area contributed by atoms with Gasteiger partial charge in [-0.3, -0.25) is 4.79 Å². The van der Waals surface area contributed by atoms with E-state index in [1.165, 1.54) is 11.8 Å². The first-order valence-corrected chi connectivity index (χ1v) is 8.20.